The Hall–Kier alpha value is -1.35. The van der Waals surface area contributed by atoms with Gasteiger partial charge >= 0.3 is 0 Å². The van der Waals surface area contributed by atoms with Gasteiger partial charge in [-0.2, -0.15) is 0 Å². The highest BCUT2D eigenvalue weighted by Crippen LogP contribution is 2.26. The van der Waals surface area contributed by atoms with Crippen molar-refractivity contribution in [1.29, 1.82) is 0 Å². The van der Waals surface area contributed by atoms with Gasteiger partial charge in [-0.1, -0.05) is 12.1 Å². The van der Waals surface area contributed by atoms with Crippen LogP contribution in [0.5, 0.6) is 5.75 Å². The number of rotatable bonds is 6. The number of carbonyl (C=O) groups is 1. The number of ketones is 1. The van der Waals surface area contributed by atoms with Crippen LogP contribution in [0.15, 0.2) is 18.2 Å². The highest BCUT2D eigenvalue weighted by molar-refractivity contribution is 5.78. The van der Waals surface area contributed by atoms with Crippen LogP contribution in [0.4, 0.5) is 0 Å². The summed E-state index contributed by atoms with van der Waals surface area (Å²) in [4.78, 5) is 11.5. The predicted molar refractivity (Wildman–Crippen MR) is 67.5 cm³/mol. The van der Waals surface area contributed by atoms with Crippen molar-refractivity contribution in [1.82, 2.24) is 5.32 Å². The molecule has 1 N–H and O–H groups in total. The molecule has 0 bridgehead atoms. The predicted octanol–water partition coefficient (Wildman–Crippen LogP) is 1.73. The molecule has 0 spiro atoms. The number of carbonyl (C=O) groups excluding carboxylic acids is 1. The van der Waals surface area contributed by atoms with Crippen LogP contribution in [0, 0.1) is 0 Å². The second-order valence-corrected chi connectivity index (χ2v) is 4.43. The van der Waals surface area contributed by atoms with Gasteiger partial charge in [-0.3, -0.25) is 4.79 Å². The molecule has 1 aromatic rings. The first-order valence-electron chi connectivity index (χ1n) is 6.20. The van der Waals surface area contributed by atoms with Gasteiger partial charge in [-0.25, -0.2) is 0 Å². The normalized spacial score (nSPS) is 13.2. The summed E-state index contributed by atoms with van der Waals surface area (Å²) in [7, 11) is 1.87. The van der Waals surface area contributed by atoms with Crippen LogP contribution in [0.2, 0.25) is 0 Å². The van der Waals surface area contributed by atoms with Crippen molar-refractivity contribution in [2.75, 3.05) is 20.2 Å². The highest BCUT2D eigenvalue weighted by atomic mass is 16.5. The maximum Gasteiger partial charge on any atom is 0.134 e. The lowest BCUT2D eigenvalue weighted by atomic mass is 10.0. The lowest BCUT2D eigenvalue weighted by molar-refractivity contribution is -0.118. The Balaban J connectivity index is 1.85. The van der Waals surface area contributed by atoms with Crippen LogP contribution < -0.4 is 10.1 Å². The summed E-state index contributed by atoms with van der Waals surface area (Å²) in [5.74, 6) is 1.34. The van der Waals surface area contributed by atoms with Gasteiger partial charge in [0, 0.05) is 25.8 Å². The Bertz CT molecular complexity index is 401. The number of aryl methyl sites for hydroxylation is 1. The lowest BCUT2D eigenvalue weighted by Crippen LogP contribution is -2.13. The molecule has 0 atom stereocenters. The standard InChI is InChI=1S/C14H19NO2/c1-15-8-6-13(16)4-2-11-3-5-14-12(10-11)7-9-17-14/h3,5,10,15H,2,4,6-9H2,1H3. The van der Waals surface area contributed by atoms with Crippen LogP contribution in [0.3, 0.4) is 0 Å². The van der Waals surface area contributed by atoms with Crippen molar-refractivity contribution >= 4 is 5.78 Å². The quantitative estimate of drug-likeness (QED) is 0.813. The summed E-state index contributed by atoms with van der Waals surface area (Å²) < 4.78 is 5.46. The average molecular weight is 233 g/mol. The van der Waals surface area contributed by atoms with E-state index in [1.165, 1.54) is 11.1 Å². The minimum atomic E-state index is 0.330. The molecule has 1 aliphatic heterocycles. The number of hydrogen-bond donors (Lipinski definition) is 1. The van der Waals surface area contributed by atoms with Crippen molar-refractivity contribution in [3.8, 4) is 5.75 Å². The molecular formula is C14H19NO2. The van der Waals surface area contributed by atoms with Gasteiger partial charge in [-0.15, -0.1) is 0 Å². The summed E-state index contributed by atoms with van der Waals surface area (Å²) in [6.07, 6.45) is 3.11. The number of Topliss-reactive ketones (excluding diaryl/α,β-unsaturated/α-hetero) is 1. The Morgan fingerprint density at radius 3 is 3.12 bits per heavy atom. The van der Waals surface area contributed by atoms with Crippen molar-refractivity contribution in [2.24, 2.45) is 0 Å². The second kappa shape index (κ2) is 5.82. The summed E-state index contributed by atoms with van der Waals surface area (Å²) >= 11 is 0. The molecule has 0 amide bonds. The molecule has 0 radical (unpaired) electrons. The largest absolute Gasteiger partial charge is 0.493 e. The van der Waals surface area contributed by atoms with Crippen LogP contribution in [0.25, 0.3) is 0 Å². The highest BCUT2D eigenvalue weighted by Gasteiger charge is 2.12. The van der Waals surface area contributed by atoms with Gasteiger partial charge in [0.25, 0.3) is 0 Å². The van der Waals surface area contributed by atoms with E-state index in [0.717, 1.165) is 31.7 Å². The molecule has 1 aliphatic rings. The third-order valence-electron chi connectivity index (χ3n) is 3.10. The summed E-state index contributed by atoms with van der Waals surface area (Å²) in [5.41, 5.74) is 2.53. The first kappa shape index (κ1) is 12.1. The third-order valence-corrected chi connectivity index (χ3v) is 3.10. The third kappa shape index (κ3) is 3.30. The SMILES string of the molecule is CNCCC(=O)CCc1ccc2c(c1)CCO2. The number of benzene rings is 1. The maximum absolute atomic E-state index is 11.5. The number of hydrogen-bond acceptors (Lipinski definition) is 3. The minimum Gasteiger partial charge on any atom is -0.493 e. The lowest BCUT2D eigenvalue weighted by Gasteiger charge is -2.04. The first-order chi connectivity index (χ1) is 8.29. The maximum atomic E-state index is 11.5. The molecule has 17 heavy (non-hydrogen) atoms. The van der Waals surface area contributed by atoms with Gasteiger partial charge < -0.3 is 10.1 Å². The van der Waals surface area contributed by atoms with E-state index in [1.54, 1.807) is 0 Å². The van der Waals surface area contributed by atoms with Crippen LogP contribution in [0.1, 0.15) is 24.0 Å². The monoisotopic (exact) mass is 233 g/mol. The Morgan fingerprint density at radius 1 is 1.41 bits per heavy atom. The zero-order chi connectivity index (χ0) is 12.1. The molecule has 1 heterocycles. The van der Waals surface area contributed by atoms with E-state index in [2.05, 4.69) is 17.4 Å². The van der Waals surface area contributed by atoms with E-state index >= 15 is 0 Å². The fourth-order valence-corrected chi connectivity index (χ4v) is 2.07. The molecule has 2 rings (SSSR count). The Morgan fingerprint density at radius 2 is 2.29 bits per heavy atom. The smallest absolute Gasteiger partial charge is 0.134 e. The van der Waals surface area contributed by atoms with Crippen molar-refractivity contribution < 1.29 is 9.53 Å². The van der Waals surface area contributed by atoms with Gasteiger partial charge in [0.2, 0.25) is 0 Å². The van der Waals surface area contributed by atoms with E-state index in [4.69, 9.17) is 4.74 Å². The summed E-state index contributed by atoms with van der Waals surface area (Å²) in [6.45, 7) is 1.57. The number of nitrogens with one attached hydrogen (secondary N) is 1. The van der Waals surface area contributed by atoms with Crippen molar-refractivity contribution in [3.63, 3.8) is 0 Å². The Labute approximate surface area is 102 Å². The van der Waals surface area contributed by atoms with Gasteiger partial charge in [0.05, 0.1) is 6.61 Å². The molecule has 3 nitrogen and oxygen atoms in total. The van der Waals surface area contributed by atoms with Gasteiger partial charge in [0.15, 0.2) is 0 Å². The molecule has 92 valence electrons. The molecule has 1 aromatic carbocycles. The molecule has 0 unspecified atom stereocenters. The molecule has 0 saturated carbocycles. The molecule has 0 saturated heterocycles. The molecule has 0 aromatic heterocycles. The second-order valence-electron chi connectivity index (χ2n) is 4.43. The van der Waals surface area contributed by atoms with Gasteiger partial charge in [-0.05, 0) is 30.7 Å². The fourth-order valence-electron chi connectivity index (χ4n) is 2.07. The number of ether oxygens (including phenoxy) is 1. The van der Waals surface area contributed by atoms with Crippen molar-refractivity contribution in [2.45, 2.75) is 25.7 Å². The van der Waals surface area contributed by atoms with Crippen LogP contribution in [-0.2, 0) is 17.6 Å². The van der Waals surface area contributed by atoms with E-state index in [-0.39, 0.29) is 0 Å². The van der Waals surface area contributed by atoms with E-state index in [0.29, 0.717) is 18.6 Å². The average Bonchev–Trinajstić information content (AvgIpc) is 2.81. The van der Waals surface area contributed by atoms with E-state index in [1.807, 2.05) is 13.1 Å². The fraction of sp³-hybridized carbons (Fsp3) is 0.500. The van der Waals surface area contributed by atoms with Gasteiger partial charge in [0.1, 0.15) is 11.5 Å². The van der Waals surface area contributed by atoms with E-state index < -0.39 is 0 Å². The van der Waals surface area contributed by atoms with Crippen LogP contribution >= 0.6 is 0 Å². The minimum absolute atomic E-state index is 0.330. The summed E-state index contributed by atoms with van der Waals surface area (Å²) in [6, 6.07) is 6.26. The zero-order valence-electron chi connectivity index (χ0n) is 10.3. The molecular weight excluding hydrogens is 214 g/mol. The van der Waals surface area contributed by atoms with E-state index in [9.17, 15) is 4.79 Å². The first-order valence-corrected chi connectivity index (χ1v) is 6.20. The molecule has 3 heteroatoms. The van der Waals surface area contributed by atoms with Crippen molar-refractivity contribution in [3.05, 3.63) is 29.3 Å². The molecule has 0 fully saturated rings. The van der Waals surface area contributed by atoms with Crippen LogP contribution in [-0.4, -0.2) is 26.0 Å². The Kier molecular flexibility index (Phi) is 4.15. The summed E-state index contributed by atoms with van der Waals surface area (Å²) in [5, 5.41) is 2.99. The topological polar surface area (TPSA) is 38.3 Å². The zero-order valence-corrected chi connectivity index (χ0v) is 10.3. The molecule has 0 aliphatic carbocycles. The number of fused-ring (bicyclic) bond motifs is 1.